The van der Waals surface area contributed by atoms with Crippen molar-refractivity contribution < 1.29 is 41.4 Å². The Kier molecular flexibility index (Phi) is 6.69. The van der Waals surface area contributed by atoms with Gasteiger partial charge in [0, 0.05) is 35.6 Å². The number of methoxy groups -OCH3 is 1. The molecule has 1 saturated carbocycles. The smallest absolute Gasteiger partial charge is 0.493 e. The number of aromatic nitrogens is 1. The molecule has 0 atom stereocenters. The Morgan fingerprint density at radius 2 is 1.78 bits per heavy atom. The van der Waals surface area contributed by atoms with Gasteiger partial charge in [0.2, 0.25) is 0 Å². The topological polar surface area (TPSA) is 113 Å². The summed E-state index contributed by atoms with van der Waals surface area (Å²) < 4.78 is 66.4. The number of nitrogens with zero attached hydrogens (tertiary/aromatic N) is 1. The minimum absolute atomic E-state index is 0.0202. The van der Waals surface area contributed by atoms with Gasteiger partial charge in [-0.15, -0.1) is 13.2 Å². The van der Waals surface area contributed by atoms with E-state index >= 15 is 0 Å². The summed E-state index contributed by atoms with van der Waals surface area (Å²) in [6.45, 7) is 0. The van der Waals surface area contributed by atoms with E-state index in [4.69, 9.17) is 15.2 Å². The van der Waals surface area contributed by atoms with Gasteiger partial charge in [0.1, 0.15) is 22.9 Å². The maximum absolute atomic E-state index is 13.8. The predicted octanol–water partition coefficient (Wildman–Crippen LogP) is 5.15. The van der Waals surface area contributed by atoms with Crippen LogP contribution in [0.5, 0.6) is 23.0 Å². The van der Waals surface area contributed by atoms with Gasteiger partial charge in [-0.2, -0.15) is 0 Å². The van der Waals surface area contributed by atoms with Crippen molar-refractivity contribution in [3.8, 4) is 23.0 Å². The third kappa shape index (κ3) is 5.82. The van der Waals surface area contributed by atoms with E-state index in [0.29, 0.717) is 5.69 Å². The molecule has 12 heteroatoms. The van der Waals surface area contributed by atoms with Crippen LogP contribution >= 0.6 is 0 Å². The number of carbonyl (C=O) groups excluding carboxylic acids is 2. The number of carbonyl (C=O) groups is 2. The van der Waals surface area contributed by atoms with Crippen LogP contribution in [0.15, 0.2) is 48.7 Å². The number of benzene rings is 2. The molecule has 0 bridgehead atoms. The highest BCUT2D eigenvalue weighted by Gasteiger charge is 2.32. The van der Waals surface area contributed by atoms with Crippen molar-refractivity contribution in [3.05, 3.63) is 71.3 Å². The number of ether oxygens (including phenoxy) is 3. The van der Waals surface area contributed by atoms with Crippen molar-refractivity contribution in [3.63, 3.8) is 0 Å². The number of hydrogen-bond acceptors (Lipinski definition) is 6. The second-order valence-electron chi connectivity index (χ2n) is 7.86. The summed E-state index contributed by atoms with van der Waals surface area (Å²) in [5, 5.41) is 2.53. The quantitative estimate of drug-likeness (QED) is 0.410. The molecule has 1 aliphatic carbocycles. The summed E-state index contributed by atoms with van der Waals surface area (Å²) in [5.74, 6) is -2.85. The first-order chi connectivity index (χ1) is 17.0. The Labute approximate surface area is 202 Å². The number of primary amides is 1. The normalized spacial score (nSPS) is 13.1. The van der Waals surface area contributed by atoms with Gasteiger partial charge >= 0.3 is 6.36 Å². The third-order valence-electron chi connectivity index (χ3n) is 5.21. The second-order valence-corrected chi connectivity index (χ2v) is 7.86. The van der Waals surface area contributed by atoms with Crippen molar-refractivity contribution in [1.29, 1.82) is 0 Å². The van der Waals surface area contributed by atoms with E-state index in [2.05, 4.69) is 15.0 Å². The van der Waals surface area contributed by atoms with Gasteiger partial charge in [0.05, 0.1) is 12.7 Å². The number of halogens is 4. The molecule has 2 amide bonds. The maximum Gasteiger partial charge on any atom is 0.573 e. The summed E-state index contributed by atoms with van der Waals surface area (Å²) in [7, 11) is 1.24. The molecule has 3 N–H and O–H groups in total. The molecule has 2 aromatic carbocycles. The van der Waals surface area contributed by atoms with E-state index in [0.717, 1.165) is 37.1 Å². The number of hydrogen-bond donors (Lipinski definition) is 2. The van der Waals surface area contributed by atoms with Crippen LogP contribution in [0.2, 0.25) is 0 Å². The Balaban J connectivity index is 1.65. The Morgan fingerprint density at radius 1 is 1.03 bits per heavy atom. The lowest BCUT2D eigenvalue weighted by atomic mass is 10.1. The fourth-order valence-corrected chi connectivity index (χ4v) is 3.35. The highest BCUT2D eigenvalue weighted by Crippen LogP contribution is 2.42. The molecule has 188 valence electrons. The number of nitrogens with one attached hydrogen (secondary N) is 1. The van der Waals surface area contributed by atoms with Crippen LogP contribution in [-0.4, -0.2) is 30.3 Å². The highest BCUT2D eigenvalue weighted by molar-refractivity contribution is 6.06. The molecule has 1 heterocycles. The van der Waals surface area contributed by atoms with Crippen molar-refractivity contribution in [1.82, 2.24) is 4.98 Å². The number of rotatable bonds is 8. The maximum atomic E-state index is 13.8. The average Bonchev–Trinajstić information content (AvgIpc) is 3.65. The van der Waals surface area contributed by atoms with E-state index in [1.807, 2.05) is 0 Å². The van der Waals surface area contributed by atoms with E-state index in [1.165, 1.54) is 25.4 Å². The van der Waals surface area contributed by atoms with Gasteiger partial charge in [0.25, 0.3) is 11.8 Å². The van der Waals surface area contributed by atoms with Gasteiger partial charge in [-0.25, -0.2) is 4.39 Å². The van der Waals surface area contributed by atoms with Crippen LogP contribution in [0.1, 0.15) is 45.2 Å². The summed E-state index contributed by atoms with van der Waals surface area (Å²) >= 11 is 0. The molecular formula is C24H19F4N3O5. The molecule has 3 aromatic rings. The summed E-state index contributed by atoms with van der Waals surface area (Å²) in [4.78, 5) is 28.8. The standard InChI is InChI=1S/C24H19F4N3O5/c1-34-21-9-14(36-24(26,27)28)5-7-19(21)35-20-10-18(12-2-3-12)30-11-16(20)23(33)31-13-4-6-17(25)15(8-13)22(29)32/h4-12H,2-3H2,1H3,(H2,29,32)(H,31,33). The largest absolute Gasteiger partial charge is 0.573 e. The van der Waals surface area contributed by atoms with Crippen molar-refractivity contribution in [2.24, 2.45) is 5.73 Å². The van der Waals surface area contributed by atoms with Gasteiger partial charge < -0.3 is 25.3 Å². The lowest BCUT2D eigenvalue weighted by molar-refractivity contribution is -0.274. The van der Waals surface area contributed by atoms with Gasteiger partial charge in [0.15, 0.2) is 11.5 Å². The van der Waals surface area contributed by atoms with E-state index in [-0.39, 0.29) is 34.4 Å². The minimum atomic E-state index is -4.89. The second kappa shape index (κ2) is 9.72. The fourth-order valence-electron chi connectivity index (χ4n) is 3.35. The van der Waals surface area contributed by atoms with E-state index < -0.39 is 35.3 Å². The van der Waals surface area contributed by atoms with Crippen LogP contribution in [0.4, 0.5) is 23.2 Å². The SMILES string of the molecule is COc1cc(OC(F)(F)F)ccc1Oc1cc(C2CC2)ncc1C(=O)Nc1ccc(F)c(C(N)=O)c1. The van der Waals surface area contributed by atoms with Crippen LogP contribution < -0.4 is 25.3 Å². The highest BCUT2D eigenvalue weighted by atomic mass is 19.4. The summed E-state index contributed by atoms with van der Waals surface area (Å²) in [5.41, 5.74) is 5.49. The minimum Gasteiger partial charge on any atom is -0.493 e. The molecule has 0 spiro atoms. The average molecular weight is 505 g/mol. The molecule has 8 nitrogen and oxygen atoms in total. The van der Waals surface area contributed by atoms with Crippen molar-refractivity contribution in [2.75, 3.05) is 12.4 Å². The molecule has 0 unspecified atom stereocenters. The Hall–Kier alpha value is -4.35. The molecule has 1 aromatic heterocycles. The third-order valence-corrected chi connectivity index (χ3v) is 5.21. The van der Waals surface area contributed by atoms with Gasteiger partial charge in [-0.3, -0.25) is 14.6 Å². The zero-order valence-corrected chi connectivity index (χ0v) is 18.7. The Bertz CT molecular complexity index is 1330. The number of pyridine rings is 1. The first kappa shape index (κ1) is 24.8. The first-order valence-electron chi connectivity index (χ1n) is 10.6. The van der Waals surface area contributed by atoms with Crippen LogP contribution in [0, 0.1) is 5.82 Å². The molecular weight excluding hydrogens is 486 g/mol. The number of nitrogens with two attached hydrogens (primary N) is 1. The molecule has 1 fully saturated rings. The van der Waals surface area contributed by atoms with Gasteiger partial charge in [-0.05, 0) is 43.2 Å². The predicted molar refractivity (Wildman–Crippen MR) is 119 cm³/mol. The lowest BCUT2D eigenvalue weighted by Gasteiger charge is -2.16. The zero-order valence-electron chi connectivity index (χ0n) is 18.7. The molecule has 0 aliphatic heterocycles. The van der Waals surface area contributed by atoms with Crippen LogP contribution in [0.25, 0.3) is 0 Å². The van der Waals surface area contributed by atoms with E-state index in [1.54, 1.807) is 6.07 Å². The molecule has 0 saturated heterocycles. The molecule has 1 aliphatic rings. The van der Waals surface area contributed by atoms with Crippen LogP contribution in [-0.2, 0) is 0 Å². The van der Waals surface area contributed by atoms with Crippen molar-refractivity contribution in [2.45, 2.75) is 25.1 Å². The van der Waals surface area contributed by atoms with E-state index in [9.17, 15) is 27.2 Å². The number of alkyl halides is 3. The van der Waals surface area contributed by atoms with Gasteiger partial charge in [-0.1, -0.05) is 0 Å². The summed E-state index contributed by atoms with van der Waals surface area (Å²) in [6, 6.07) is 8.12. The first-order valence-corrected chi connectivity index (χ1v) is 10.6. The lowest BCUT2D eigenvalue weighted by Crippen LogP contribution is -2.17. The fraction of sp³-hybridized carbons (Fsp3) is 0.208. The Morgan fingerprint density at radius 3 is 2.42 bits per heavy atom. The monoisotopic (exact) mass is 505 g/mol. The van der Waals surface area contributed by atoms with Crippen LogP contribution in [0.3, 0.4) is 0 Å². The molecule has 36 heavy (non-hydrogen) atoms. The zero-order chi connectivity index (χ0) is 26.0. The molecule has 4 rings (SSSR count). The summed E-state index contributed by atoms with van der Waals surface area (Å²) in [6.07, 6.45) is -1.77. The van der Waals surface area contributed by atoms with Crippen molar-refractivity contribution >= 4 is 17.5 Å². The molecule has 0 radical (unpaired) electrons. The number of anilines is 1. The number of amides is 2.